The highest BCUT2D eigenvalue weighted by atomic mass is 32.1. The molecule has 4 rings (SSSR count). The van der Waals surface area contributed by atoms with Crippen LogP contribution in [0.2, 0.25) is 0 Å². The van der Waals surface area contributed by atoms with E-state index in [-0.39, 0.29) is 0 Å². The standard InChI is InChI=1S/C26H22N2O2S/c1-2-30-26(29)24-23(27)22-20(15-13-18-9-5-3-6-10-18)17-21(28-25(22)31-24)16-14-19-11-7-4-8-12-19/h3-17H,2,27H2,1H3/b15-13+,16-14+. The fourth-order valence-corrected chi connectivity index (χ4v) is 4.26. The Morgan fingerprint density at radius 3 is 2.19 bits per heavy atom. The largest absolute Gasteiger partial charge is 0.462 e. The molecule has 0 spiro atoms. The quantitative estimate of drug-likeness (QED) is 0.363. The number of rotatable bonds is 6. The maximum atomic E-state index is 12.4. The van der Waals surface area contributed by atoms with Crippen LogP contribution in [0.4, 0.5) is 5.69 Å². The second-order valence-corrected chi connectivity index (χ2v) is 7.87. The van der Waals surface area contributed by atoms with Crippen LogP contribution in [0.1, 0.15) is 39.0 Å². The minimum atomic E-state index is -0.414. The third kappa shape index (κ3) is 4.73. The number of nitrogens with two attached hydrogens (primary N) is 1. The summed E-state index contributed by atoms with van der Waals surface area (Å²) >= 11 is 1.27. The van der Waals surface area contributed by atoms with E-state index in [1.54, 1.807) is 6.92 Å². The molecule has 4 aromatic rings. The monoisotopic (exact) mass is 426 g/mol. The maximum absolute atomic E-state index is 12.4. The van der Waals surface area contributed by atoms with E-state index < -0.39 is 5.97 Å². The van der Waals surface area contributed by atoms with Crippen LogP contribution >= 0.6 is 11.3 Å². The average Bonchev–Trinajstić information content (AvgIpc) is 3.14. The van der Waals surface area contributed by atoms with Gasteiger partial charge in [-0.1, -0.05) is 78.9 Å². The van der Waals surface area contributed by atoms with Gasteiger partial charge in [0.2, 0.25) is 0 Å². The highest BCUT2D eigenvalue weighted by Crippen LogP contribution is 2.37. The molecule has 0 saturated heterocycles. The van der Waals surface area contributed by atoms with E-state index in [1.807, 2.05) is 91.0 Å². The molecule has 2 aromatic heterocycles. The van der Waals surface area contributed by atoms with Crippen LogP contribution in [-0.4, -0.2) is 17.6 Å². The van der Waals surface area contributed by atoms with E-state index in [1.165, 1.54) is 11.3 Å². The minimum absolute atomic E-state index is 0.297. The van der Waals surface area contributed by atoms with Gasteiger partial charge in [-0.15, -0.1) is 11.3 Å². The number of carbonyl (C=O) groups is 1. The Hall–Kier alpha value is -3.70. The molecule has 0 bridgehead atoms. The first-order chi connectivity index (χ1) is 15.2. The lowest BCUT2D eigenvalue weighted by Gasteiger charge is -2.03. The number of hydrogen-bond acceptors (Lipinski definition) is 5. The molecule has 0 aliphatic carbocycles. The van der Waals surface area contributed by atoms with E-state index in [2.05, 4.69) is 0 Å². The second-order valence-electron chi connectivity index (χ2n) is 6.87. The normalized spacial score (nSPS) is 11.5. The first-order valence-corrected chi connectivity index (χ1v) is 10.8. The summed E-state index contributed by atoms with van der Waals surface area (Å²) in [6.07, 6.45) is 8.02. The highest BCUT2D eigenvalue weighted by Gasteiger charge is 2.20. The SMILES string of the molecule is CCOC(=O)c1sc2nc(/C=C/c3ccccc3)cc(/C=C/c3ccccc3)c2c1N. The van der Waals surface area contributed by atoms with Gasteiger partial charge in [0.1, 0.15) is 9.71 Å². The molecule has 2 N–H and O–H groups in total. The number of fused-ring (bicyclic) bond motifs is 1. The number of carbonyl (C=O) groups excluding carboxylic acids is 1. The zero-order chi connectivity index (χ0) is 21.6. The number of anilines is 1. The van der Waals surface area contributed by atoms with Gasteiger partial charge in [-0.25, -0.2) is 9.78 Å². The van der Waals surface area contributed by atoms with Crippen LogP contribution in [0.15, 0.2) is 66.7 Å². The van der Waals surface area contributed by atoms with E-state index in [4.69, 9.17) is 15.5 Å². The molecule has 0 radical (unpaired) electrons. The molecular weight excluding hydrogens is 404 g/mol. The molecule has 2 heterocycles. The van der Waals surface area contributed by atoms with Crippen molar-refractivity contribution in [1.82, 2.24) is 4.98 Å². The number of aromatic nitrogens is 1. The first-order valence-electron chi connectivity index (χ1n) is 10.0. The highest BCUT2D eigenvalue weighted by molar-refractivity contribution is 7.21. The fourth-order valence-electron chi connectivity index (χ4n) is 3.23. The topological polar surface area (TPSA) is 65.2 Å². The molecule has 5 heteroatoms. The van der Waals surface area contributed by atoms with Gasteiger partial charge in [0, 0.05) is 5.39 Å². The van der Waals surface area contributed by atoms with Gasteiger partial charge in [0.05, 0.1) is 18.0 Å². The predicted octanol–water partition coefficient (Wildman–Crippen LogP) is 6.40. The molecule has 0 atom stereocenters. The van der Waals surface area contributed by atoms with Crippen molar-refractivity contribution in [2.24, 2.45) is 0 Å². The number of nitrogen functional groups attached to an aromatic ring is 1. The molecule has 154 valence electrons. The molecule has 2 aromatic carbocycles. The van der Waals surface area contributed by atoms with Gasteiger partial charge in [0.25, 0.3) is 0 Å². The Morgan fingerprint density at radius 2 is 1.58 bits per heavy atom. The fraction of sp³-hybridized carbons (Fsp3) is 0.0769. The Labute approximate surface area is 185 Å². The van der Waals surface area contributed by atoms with Crippen LogP contribution in [0, 0.1) is 0 Å². The molecule has 0 aliphatic heterocycles. The predicted molar refractivity (Wildman–Crippen MR) is 131 cm³/mol. The third-order valence-corrected chi connectivity index (χ3v) is 5.79. The van der Waals surface area contributed by atoms with E-state index >= 15 is 0 Å². The number of hydrogen-bond donors (Lipinski definition) is 1. The van der Waals surface area contributed by atoms with Crippen LogP contribution in [0.25, 0.3) is 34.5 Å². The lowest BCUT2D eigenvalue weighted by Crippen LogP contribution is -2.04. The van der Waals surface area contributed by atoms with E-state index in [9.17, 15) is 4.79 Å². The zero-order valence-electron chi connectivity index (χ0n) is 17.1. The number of ether oxygens (including phenoxy) is 1. The van der Waals surface area contributed by atoms with Crippen molar-refractivity contribution in [3.05, 3.63) is 94.0 Å². The van der Waals surface area contributed by atoms with Crippen LogP contribution in [0.5, 0.6) is 0 Å². The summed E-state index contributed by atoms with van der Waals surface area (Å²) in [4.78, 5) is 18.2. The van der Waals surface area contributed by atoms with Gasteiger partial charge < -0.3 is 10.5 Å². The summed E-state index contributed by atoms with van der Waals surface area (Å²) in [5.41, 5.74) is 10.7. The Kier molecular flexibility index (Phi) is 6.24. The minimum Gasteiger partial charge on any atom is -0.462 e. The number of thiophene rings is 1. The molecule has 4 nitrogen and oxygen atoms in total. The van der Waals surface area contributed by atoms with Crippen molar-refractivity contribution >= 4 is 57.5 Å². The Morgan fingerprint density at radius 1 is 0.968 bits per heavy atom. The lowest BCUT2D eigenvalue weighted by atomic mass is 10.1. The summed E-state index contributed by atoms with van der Waals surface area (Å²) in [6.45, 7) is 2.08. The van der Waals surface area contributed by atoms with Crippen molar-refractivity contribution < 1.29 is 9.53 Å². The van der Waals surface area contributed by atoms with E-state index in [0.29, 0.717) is 22.0 Å². The van der Waals surface area contributed by atoms with Gasteiger partial charge in [-0.3, -0.25) is 0 Å². The van der Waals surface area contributed by atoms with Gasteiger partial charge in [0.15, 0.2) is 0 Å². The van der Waals surface area contributed by atoms with Gasteiger partial charge >= 0.3 is 5.97 Å². The third-order valence-electron chi connectivity index (χ3n) is 4.71. The van der Waals surface area contributed by atoms with Crippen LogP contribution in [0.3, 0.4) is 0 Å². The first kappa shape index (κ1) is 20.6. The van der Waals surface area contributed by atoms with Crippen molar-refractivity contribution in [1.29, 1.82) is 0 Å². The average molecular weight is 427 g/mol. The summed E-state index contributed by atoms with van der Waals surface area (Å²) in [5.74, 6) is -0.414. The lowest BCUT2D eigenvalue weighted by molar-refractivity contribution is 0.0533. The smallest absolute Gasteiger partial charge is 0.350 e. The second kappa shape index (κ2) is 9.41. The Balaban J connectivity index is 1.81. The molecule has 0 aliphatic rings. The molecule has 31 heavy (non-hydrogen) atoms. The molecule has 0 unspecified atom stereocenters. The summed E-state index contributed by atoms with van der Waals surface area (Å²) in [6, 6.07) is 22.1. The number of pyridine rings is 1. The maximum Gasteiger partial charge on any atom is 0.350 e. The zero-order valence-corrected chi connectivity index (χ0v) is 17.9. The Bertz CT molecular complexity index is 1260. The number of nitrogens with zero attached hydrogens (tertiary/aromatic N) is 1. The summed E-state index contributed by atoms with van der Waals surface area (Å²) in [7, 11) is 0. The molecule has 0 fully saturated rings. The van der Waals surface area contributed by atoms with Crippen molar-refractivity contribution in [2.75, 3.05) is 12.3 Å². The molecule has 0 amide bonds. The van der Waals surface area contributed by atoms with Gasteiger partial charge in [-0.05, 0) is 35.8 Å². The number of esters is 1. The van der Waals surface area contributed by atoms with Crippen LogP contribution < -0.4 is 5.73 Å². The van der Waals surface area contributed by atoms with Gasteiger partial charge in [-0.2, -0.15) is 0 Å². The van der Waals surface area contributed by atoms with Crippen molar-refractivity contribution in [3.63, 3.8) is 0 Å². The van der Waals surface area contributed by atoms with Crippen molar-refractivity contribution in [3.8, 4) is 0 Å². The summed E-state index contributed by atoms with van der Waals surface area (Å²) < 4.78 is 5.17. The number of benzene rings is 2. The summed E-state index contributed by atoms with van der Waals surface area (Å²) in [5, 5.41) is 0.775. The molecule has 0 saturated carbocycles. The van der Waals surface area contributed by atoms with Crippen LogP contribution in [-0.2, 0) is 4.74 Å². The molecular formula is C26H22N2O2S. The van der Waals surface area contributed by atoms with Crippen molar-refractivity contribution in [2.45, 2.75) is 6.92 Å². The van der Waals surface area contributed by atoms with E-state index in [0.717, 1.165) is 27.8 Å².